The number of ether oxygens (including phenoxy) is 1. The van der Waals surface area contributed by atoms with Crippen LogP contribution in [0.25, 0.3) is 0 Å². The first kappa shape index (κ1) is 18.9. The van der Waals surface area contributed by atoms with Gasteiger partial charge in [0.1, 0.15) is 5.78 Å². The molecule has 0 unspecified atom stereocenters. The summed E-state index contributed by atoms with van der Waals surface area (Å²) in [7, 11) is 1.83. The fourth-order valence-corrected chi connectivity index (χ4v) is 8.49. The number of fused-ring (bicyclic) bond motifs is 5. The van der Waals surface area contributed by atoms with Crippen LogP contribution in [0.4, 0.5) is 0 Å². The minimum absolute atomic E-state index is 0.0883. The Morgan fingerprint density at radius 2 is 1.88 bits per heavy atom. The minimum Gasteiger partial charge on any atom is -0.393 e. The van der Waals surface area contributed by atoms with Gasteiger partial charge in [-0.05, 0) is 106 Å². The summed E-state index contributed by atoms with van der Waals surface area (Å²) in [4.78, 5) is 12.3. The maximum absolute atomic E-state index is 12.3. The standard InChI is InChI=1S/C23H38O3/c1-15(24)19-6-7-20-18-5-4-16-14-17(25)8-11-23(16,12-13-26-3)21(18)9-10-22(19,20)2/h16-21,25H,4-14H2,1-3H3/t16-,17+,18-,19+,20-,21-,22+,23+/m0/s1. The number of aliphatic hydroxyl groups is 1. The summed E-state index contributed by atoms with van der Waals surface area (Å²) in [6.45, 7) is 5.11. The lowest BCUT2D eigenvalue weighted by molar-refractivity contribution is -0.148. The van der Waals surface area contributed by atoms with Gasteiger partial charge in [0, 0.05) is 19.6 Å². The van der Waals surface area contributed by atoms with Crippen LogP contribution >= 0.6 is 0 Å². The number of aliphatic hydroxyl groups excluding tert-OH is 1. The van der Waals surface area contributed by atoms with Crippen molar-refractivity contribution in [3.8, 4) is 0 Å². The van der Waals surface area contributed by atoms with Crippen molar-refractivity contribution < 1.29 is 14.6 Å². The van der Waals surface area contributed by atoms with Gasteiger partial charge in [0.05, 0.1) is 6.10 Å². The molecule has 4 saturated carbocycles. The topological polar surface area (TPSA) is 46.5 Å². The lowest BCUT2D eigenvalue weighted by Gasteiger charge is -2.62. The number of hydrogen-bond donors (Lipinski definition) is 1. The first-order chi connectivity index (χ1) is 12.4. The van der Waals surface area contributed by atoms with E-state index in [-0.39, 0.29) is 11.5 Å². The molecule has 8 atom stereocenters. The Morgan fingerprint density at radius 3 is 2.62 bits per heavy atom. The van der Waals surface area contributed by atoms with E-state index in [2.05, 4.69) is 6.92 Å². The lowest BCUT2D eigenvalue weighted by atomic mass is 9.43. The van der Waals surface area contributed by atoms with E-state index in [9.17, 15) is 9.90 Å². The van der Waals surface area contributed by atoms with Crippen LogP contribution in [0.3, 0.4) is 0 Å². The maximum atomic E-state index is 12.3. The Kier molecular flexibility index (Phi) is 5.01. The van der Waals surface area contributed by atoms with Crippen molar-refractivity contribution in [1.29, 1.82) is 0 Å². The number of Topliss-reactive ketones (excluding diaryl/α,β-unsaturated/α-hetero) is 1. The molecular weight excluding hydrogens is 324 g/mol. The predicted octanol–water partition coefficient (Wildman–Crippen LogP) is 4.61. The van der Waals surface area contributed by atoms with Crippen molar-refractivity contribution in [3.05, 3.63) is 0 Å². The second-order valence-corrected chi connectivity index (χ2v) is 10.3. The van der Waals surface area contributed by atoms with Gasteiger partial charge in [0.25, 0.3) is 0 Å². The summed E-state index contributed by atoms with van der Waals surface area (Å²) in [6, 6.07) is 0. The molecule has 0 bridgehead atoms. The Balaban J connectivity index is 1.63. The molecule has 0 amide bonds. The van der Waals surface area contributed by atoms with Crippen molar-refractivity contribution in [3.63, 3.8) is 0 Å². The highest BCUT2D eigenvalue weighted by atomic mass is 16.5. The van der Waals surface area contributed by atoms with Gasteiger partial charge in [-0.2, -0.15) is 0 Å². The number of hydrogen-bond acceptors (Lipinski definition) is 3. The first-order valence-electron chi connectivity index (χ1n) is 11.1. The van der Waals surface area contributed by atoms with E-state index in [0.29, 0.717) is 23.0 Å². The smallest absolute Gasteiger partial charge is 0.133 e. The average Bonchev–Trinajstić information content (AvgIpc) is 2.97. The van der Waals surface area contributed by atoms with Crippen LogP contribution in [-0.2, 0) is 9.53 Å². The molecular formula is C23H38O3. The largest absolute Gasteiger partial charge is 0.393 e. The Bertz CT molecular complexity index is 542. The summed E-state index contributed by atoms with van der Waals surface area (Å²) in [5.74, 6) is 3.72. The molecule has 3 nitrogen and oxygen atoms in total. The zero-order valence-electron chi connectivity index (χ0n) is 17.0. The highest BCUT2D eigenvalue weighted by Crippen LogP contribution is 2.68. The van der Waals surface area contributed by atoms with Crippen LogP contribution in [-0.4, -0.2) is 30.7 Å². The van der Waals surface area contributed by atoms with Gasteiger partial charge in [-0.3, -0.25) is 4.79 Å². The van der Waals surface area contributed by atoms with Crippen LogP contribution in [0.1, 0.15) is 78.1 Å². The fourth-order valence-electron chi connectivity index (χ4n) is 8.49. The molecule has 0 aromatic heterocycles. The first-order valence-corrected chi connectivity index (χ1v) is 11.1. The Hall–Kier alpha value is -0.410. The third-order valence-corrected chi connectivity index (χ3v) is 9.60. The SMILES string of the molecule is COCC[C@]12CC[C@@H](O)C[C@@H]1CC[C@H]1[C@@H]3CC[C@H](C(C)=O)[C@@]3(C)CC[C@@H]12. The summed E-state index contributed by atoms with van der Waals surface area (Å²) in [5, 5.41) is 10.3. The molecule has 0 saturated heterocycles. The van der Waals surface area contributed by atoms with E-state index >= 15 is 0 Å². The molecule has 0 radical (unpaired) electrons. The fraction of sp³-hybridized carbons (Fsp3) is 0.957. The van der Waals surface area contributed by atoms with Crippen molar-refractivity contribution >= 4 is 5.78 Å². The molecule has 0 heterocycles. The zero-order chi connectivity index (χ0) is 18.5. The Labute approximate surface area is 159 Å². The van der Waals surface area contributed by atoms with Crippen molar-refractivity contribution in [2.45, 2.75) is 84.2 Å². The summed E-state index contributed by atoms with van der Waals surface area (Å²) < 4.78 is 5.54. The van der Waals surface area contributed by atoms with Gasteiger partial charge < -0.3 is 9.84 Å². The van der Waals surface area contributed by atoms with Crippen molar-refractivity contribution in [1.82, 2.24) is 0 Å². The summed E-state index contributed by atoms with van der Waals surface area (Å²) >= 11 is 0. The molecule has 0 aromatic carbocycles. The van der Waals surface area contributed by atoms with Gasteiger partial charge in [0.2, 0.25) is 0 Å². The van der Waals surface area contributed by atoms with Crippen LogP contribution in [0.2, 0.25) is 0 Å². The van der Waals surface area contributed by atoms with Crippen LogP contribution in [0.15, 0.2) is 0 Å². The van der Waals surface area contributed by atoms with Gasteiger partial charge in [-0.1, -0.05) is 6.92 Å². The molecule has 3 heteroatoms. The van der Waals surface area contributed by atoms with E-state index in [1.165, 1.54) is 44.9 Å². The van der Waals surface area contributed by atoms with E-state index < -0.39 is 0 Å². The van der Waals surface area contributed by atoms with Crippen LogP contribution in [0.5, 0.6) is 0 Å². The predicted molar refractivity (Wildman–Crippen MR) is 103 cm³/mol. The number of carbonyl (C=O) groups is 1. The molecule has 4 fully saturated rings. The maximum Gasteiger partial charge on any atom is 0.133 e. The molecule has 0 spiro atoms. The molecule has 4 aliphatic rings. The quantitative estimate of drug-likeness (QED) is 0.794. The van der Waals surface area contributed by atoms with Gasteiger partial charge in [-0.25, -0.2) is 0 Å². The number of carbonyl (C=O) groups excluding carboxylic acids is 1. The van der Waals surface area contributed by atoms with Crippen molar-refractivity contribution in [2.24, 2.45) is 40.4 Å². The van der Waals surface area contributed by atoms with E-state index in [1.54, 1.807) is 0 Å². The van der Waals surface area contributed by atoms with E-state index in [0.717, 1.165) is 43.6 Å². The van der Waals surface area contributed by atoms with Gasteiger partial charge in [-0.15, -0.1) is 0 Å². The second kappa shape index (κ2) is 6.88. The van der Waals surface area contributed by atoms with Crippen LogP contribution < -0.4 is 0 Å². The van der Waals surface area contributed by atoms with E-state index in [1.807, 2.05) is 14.0 Å². The third kappa shape index (κ3) is 2.71. The summed E-state index contributed by atoms with van der Waals surface area (Å²) in [5.41, 5.74) is 0.629. The second-order valence-electron chi connectivity index (χ2n) is 10.3. The molecule has 4 aliphatic carbocycles. The molecule has 148 valence electrons. The lowest BCUT2D eigenvalue weighted by Crippen LogP contribution is -2.55. The highest BCUT2D eigenvalue weighted by molar-refractivity contribution is 5.79. The van der Waals surface area contributed by atoms with Crippen LogP contribution in [0, 0.1) is 40.4 Å². The minimum atomic E-state index is -0.0883. The average molecular weight is 363 g/mol. The molecule has 0 aromatic rings. The van der Waals surface area contributed by atoms with Crippen molar-refractivity contribution in [2.75, 3.05) is 13.7 Å². The highest BCUT2D eigenvalue weighted by Gasteiger charge is 2.61. The molecule has 0 aliphatic heterocycles. The zero-order valence-corrected chi connectivity index (χ0v) is 17.0. The molecule has 26 heavy (non-hydrogen) atoms. The molecule has 1 N–H and O–H groups in total. The number of ketones is 1. The normalized spacial score (nSPS) is 50.6. The van der Waals surface area contributed by atoms with E-state index in [4.69, 9.17) is 4.74 Å². The van der Waals surface area contributed by atoms with Gasteiger partial charge >= 0.3 is 0 Å². The van der Waals surface area contributed by atoms with Gasteiger partial charge in [0.15, 0.2) is 0 Å². The molecule has 4 rings (SSSR count). The monoisotopic (exact) mass is 362 g/mol. The number of methoxy groups -OCH3 is 1. The summed E-state index contributed by atoms with van der Waals surface area (Å²) in [6.07, 6.45) is 11.7. The number of rotatable bonds is 4. The third-order valence-electron chi connectivity index (χ3n) is 9.60. The Morgan fingerprint density at radius 1 is 1.08 bits per heavy atom.